The average molecular weight is 264 g/mol. The number of thiophene rings is 1. The van der Waals surface area contributed by atoms with E-state index in [0.29, 0.717) is 0 Å². The monoisotopic (exact) mass is 264 g/mol. The molecule has 0 unspecified atom stereocenters. The Morgan fingerprint density at radius 1 is 1.47 bits per heavy atom. The largest absolute Gasteiger partial charge is 0.309 e. The zero-order valence-corrected chi connectivity index (χ0v) is 11.5. The second-order valence-electron chi connectivity index (χ2n) is 4.53. The molecule has 0 atom stereocenters. The molecule has 0 radical (unpaired) electrons. The first-order valence-corrected chi connectivity index (χ1v) is 7.72. The van der Waals surface area contributed by atoms with Crippen LogP contribution in [0.4, 0.5) is 0 Å². The summed E-state index contributed by atoms with van der Waals surface area (Å²) in [6.45, 7) is 3.12. The number of hydrogen-bond donors (Lipinski definition) is 1. The molecular weight excluding hydrogens is 248 g/mol. The van der Waals surface area contributed by atoms with E-state index in [9.17, 15) is 0 Å². The normalized spacial score (nSPS) is 15.4. The summed E-state index contributed by atoms with van der Waals surface area (Å²) in [6, 6.07) is 5.07. The van der Waals surface area contributed by atoms with Crippen LogP contribution in [0.25, 0.3) is 0 Å². The quantitative estimate of drug-likeness (QED) is 0.895. The number of nitrogens with one attached hydrogen (secondary N) is 1. The zero-order chi connectivity index (χ0) is 11.7. The van der Waals surface area contributed by atoms with E-state index in [1.165, 1.54) is 33.3 Å². The van der Waals surface area contributed by atoms with Crippen LogP contribution in [0.3, 0.4) is 0 Å². The Morgan fingerprint density at radius 2 is 2.35 bits per heavy atom. The van der Waals surface area contributed by atoms with Gasteiger partial charge in [0.05, 0.1) is 10.7 Å². The molecule has 2 aromatic rings. The molecule has 0 spiro atoms. The van der Waals surface area contributed by atoms with Crippen molar-refractivity contribution < 1.29 is 0 Å². The molecule has 0 aliphatic heterocycles. The number of aromatic nitrogens is 1. The lowest BCUT2D eigenvalue weighted by Gasteiger charge is -1.99. The highest BCUT2D eigenvalue weighted by Gasteiger charge is 2.21. The van der Waals surface area contributed by atoms with Crippen molar-refractivity contribution in [1.29, 1.82) is 0 Å². The van der Waals surface area contributed by atoms with Gasteiger partial charge in [-0.25, -0.2) is 4.98 Å². The van der Waals surface area contributed by atoms with Crippen LogP contribution in [0.15, 0.2) is 17.5 Å². The van der Waals surface area contributed by atoms with Crippen LogP contribution in [0, 0.1) is 6.92 Å². The molecule has 1 saturated carbocycles. The minimum Gasteiger partial charge on any atom is -0.309 e. The van der Waals surface area contributed by atoms with E-state index in [1.807, 2.05) is 22.7 Å². The van der Waals surface area contributed by atoms with Crippen molar-refractivity contribution in [3.05, 3.63) is 38.0 Å². The van der Waals surface area contributed by atoms with Gasteiger partial charge in [0.2, 0.25) is 0 Å². The smallest absolute Gasteiger partial charge is 0.0983 e. The van der Waals surface area contributed by atoms with Crippen LogP contribution in [-0.2, 0) is 13.0 Å². The number of aryl methyl sites for hydroxylation is 1. The molecule has 0 saturated heterocycles. The number of nitrogens with zero attached hydrogens (tertiary/aromatic N) is 1. The molecule has 1 N–H and O–H groups in total. The first kappa shape index (κ1) is 11.4. The molecule has 0 bridgehead atoms. The molecule has 2 nitrogen and oxygen atoms in total. The Morgan fingerprint density at radius 3 is 3.06 bits per heavy atom. The molecule has 1 aliphatic carbocycles. The lowest BCUT2D eigenvalue weighted by atomic mass is 10.3. The Balaban J connectivity index is 1.66. The highest BCUT2D eigenvalue weighted by atomic mass is 32.1. The number of thiazole rings is 1. The van der Waals surface area contributed by atoms with Gasteiger partial charge in [-0.3, -0.25) is 0 Å². The molecule has 0 aromatic carbocycles. The van der Waals surface area contributed by atoms with Gasteiger partial charge in [-0.2, -0.15) is 0 Å². The van der Waals surface area contributed by atoms with Gasteiger partial charge in [0, 0.05) is 28.8 Å². The summed E-state index contributed by atoms with van der Waals surface area (Å²) >= 11 is 3.67. The van der Waals surface area contributed by atoms with Crippen molar-refractivity contribution >= 4 is 22.7 Å². The fraction of sp³-hybridized carbons (Fsp3) is 0.462. The van der Waals surface area contributed by atoms with Crippen LogP contribution in [0.1, 0.15) is 33.3 Å². The fourth-order valence-electron chi connectivity index (χ4n) is 1.81. The van der Waals surface area contributed by atoms with E-state index in [4.69, 9.17) is 0 Å². The summed E-state index contributed by atoms with van der Waals surface area (Å²) in [5.41, 5.74) is 1.20. The number of rotatable bonds is 5. The Kier molecular flexibility index (Phi) is 3.27. The van der Waals surface area contributed by atoms with Crippen molar-refractivity contribution in [1.82, 2.24) is 10.3 Å². The highest BCUT2D eigenvalue weighted by molar-refractivity contribution is 7.12. The van der Waals surface area contributed by atoms with Crippen LogP contribution >= 0.6 is 22.7 Å². The molecule has 1 fully saturated rings. The lowest BCUT2D eigenvalue weighted by Crippen LogP contribution is -2.14. The fourth-order valence-corrected chi connectivity index (χ4v) is 3.66. The van der Waals surface area contributed by atoms with E-state index in [-0.39, 0.29) is 0 Å². The Hall–Kier alpha value is -0.710. The van der Waals surface area contributed by atoms with Crippen molar-refractivity contribution in [3.63, 3.8) is 0 Å². The van der Waals surface area contributed by atoms with Gasteiger partial charge in [0.1, 0.15) is 0 Å². The van der Waals surface area contributed by atoms with Gasteiger partial charge in [-0.05, 0) is 31.2 Å². The molecule has 0 amide bonds. The summed E-state index contributed by atoms with van der Waals surface area (Å²) in [5.74, 6) is 0. The van der Waals surface area contributed by atoms with Gasteiger partial charge in [0.25, 0.3) is 0 Å². The van der Waals surface area contributed by atoms with E-state index in [1.54, 1.807) is 0 Å². The van der Waals surface area contributed by atoms with Crippen molar-refractivity contribution in [2.24, 2.45) is 0 Å². The lowest BCUT2D eigenvalue weighted by molar-refractivity contribution is 0.691. The summed E-state index contributed by atoms with van der Waals surface area (Å²) in [5, 5.41) is 6.94. The van der Waals surface area contributed by atoms with Gasteiger partial charge in [-0.1, -0.05) is 6.07 Å². The molecule has 17 heavy (non-hydrogen) atoms. The van der Waals surface area contributed by atoms with E-state index in [2.05, 4.69) is 34.7 Å². The minimum absolute atomic E-state index is 0.775. The zero-order valence-electron chi connectivity index (χ0n) is 9.90. The van der Waals surface area contributed by atoms with Gasteiger partial charge in [0.15, 0.2) is 0 Å². The molecule has 90 valence electrons. The van der Waals surface area contributed by atoms with Gasteiger partial charge >= 0.3 is 0 Å². The molecule has 2 heterocycles. The van der Waals surface area contributed by atoms with Crippen molar-refractivity contribution in [2.75, 3.05) is 0 Å². The van der Waals surface area contributed by atoms with Gasteiger partial charge in [-0.15, -0.1) is 22.7 Å². The second kappa shape index (κ2) is 4.88. The maximum absolute atomic E-state index is 4.67. The number of hydrogen-bond acceptors (Lipinski definition) is 4. The third-order valence-corrected chi connectivity index (χ3v) is 5.00. The molecule has 1 aliphatic rings. The Bertz CT molecular complexity index is 483. The SMILES string of the molecule is Cc1nc(Cc2cccs2)sc1CNC1CC1. The summed E-state index contributed by atoms with van der Waals surface area (Å²) in [6.07, 6.45) is 3.69. The summed E-state index contributed by atoms with van der Waals surface area (Å²) < 4.78 is 0. The molecule has 2 aromatic heterocycles. The summed E-state index contributed by atoms with van der Waals surface area (Å²) in [7, 11) is 0. The third-order valence-electron chi connectivity index (χ3n) is 2.97. The predicted octanol–water partition coefficient (Wildman–Crippen LogP) is 3.36. The maximum Gasteiger partial charge on any atom is 0.0983 e. The second-order valence-corrected chi connectivity index (χ2v) is 6.73. The highest BCUT2D eigenvalue weighted by Crippen LogP contribution is 2.24. The van der Waals surface area contributed by atoms with Crippen LogP contribution < -0.4 is 5.32 Å². The first-order chi connectivity index (χ1) is 8.31. The first-order valence-electron chi connectivity index (χ1n) is 6.02. The van der Waals surface area contributed by atoms with Crippen molar-refractivity contribution in [3.8, 4) is 0 Å². The Labute approximate surface area is 110 Å². The molecule has 4 heteroatoms. The van der Waals surface area contributed by atoms with E-state index < -0.39 is 0 Å². The van der Waals surface area contributed by atoms with E-state index in [0.717, 1.165) is 19.0 Å². The van der Waals surface area contributed by atoms with Crippen molar-refractivity contribution in [2.45, 2.75) is 38.8 Å². The molecule has 3 rings (SSSR count). The maximum atomic E-state index is 4.67. The average Bonchev–Trinajstić information content (AvgIpc) is 2.88. The molecular formula is C13H16N2S2. The van der Waals surface area contributed by atoms with Crippen LogP contribution in [-0.4, -0.2) is 11.0 Å². The third kappa shape index (κ3) is 2.94. The van der Waals surface area contributed by atoms with Gasteiger partial charge < -0.3 is 5.32 Å². The predicted molar refractivity (Wildman–Crippen MR) is 73.8 cm³/mol. The van der Waals surface area contributed by atoms with Crippen LogP contribution in [0.5, 0.6) is 0 Å². The van der Waals surface area contributed by atoms with Crippen LogP contribution in [0.2, 0.25) is 0 Å². The standard InChI is InChI=1S/C13H16N2S2/c1-9-12(8-14-10-4-5-10)17-13(15-9)7-11-3-2-6-16-11/h2-3,6,10,14H,4-5,7-8H2,1H3. The minimum atomic E-state index is 0.775. The topological polar surface area (TPSA) is 24.9 Å². The van der Waals surface area contributed by atoms with E-state index >= 15 is 0 Å². The summed E-state index contributed by atoms with van der Waals surface area (Å²) in [4.78, 5) is 7.48.